The molecule has 4 aliphatic rings. The zero-order chi connectivity index (χ0) is 22.4. The molecule has 8 atom stereocenters. The number of allylic oxidation sites excluding steroid dienone is 4. The molecule has 4 rings (SSSR count). The van der Waals surface area contributed by atoms with Crippen LogP contribution in [0.15, 0.2) is 47.6 Å². The van der Waals surface area contributed by atoms with Crippen molar-refractivity contribution in [3.63, 3.8) is 0 Å². The molecule has 1 heterocycles. The molecule has 0 radical (unpaired) electrons. The minimum absolute atomic E-state index is 0.278. The van der Waals surface area contributed by atoms with Crippen molar-refractivity contribution in [1.29, 1.82) is 0 Å². The van der Waals surface area contributed by atoms with E-state index in [-0.39, 0.29) is 11.0 Å². The van der Waals surface area contributed by atoms with Crippen LogP contribution < -0.4 is 0 Å². The third kappa shape index (κ3) is 4.50. The van der Waals surface area contributed by atoms with Gasteiger partial charge in [0.1, 0.15) is 11.7 Å². The monoisotopic (exact) mass is 428 g/mol. The SMILES string of the molecule is C=C1/C(=C\C=C2/CCC[C@]3(C)[C@@H]([C@H](C)/C=C/[C@@H](O)[C@@]4(C)CO4)CC[C@@H]23)C[C@@H](O)C[C@@H]1O. The van der Waals surface area contributed by atoms with Gasteiger partial charge in [-0.05, 0) is 79.8 Å². The summed E-state index contributed by atoms with van der Waals surface area (Å²) < 4.78 is 5.38. The third-order valence-corrected chi connectivity index (χ3v) is 8.76. The van der Waals surface area contributed by atoms with Crippen LogP contribution in [0, 0.1) is 23.2 Å². The van der Waals surface area contributed by atoms with Crippen molar-refractivity contribution >= 4 is 0 Å². The molecule has 172 valence electrons. The lowest BCUT2D eigenvalue weighted by Crippen LogP contribution is -2.35. The van der Waals surface area contributed by atoms with E-state index in [4.69, 9.17) is 4.74 Å². The van der Waals surface area contributed by atoms with E-state index >= 15 is 0 Å². The molecule has 3 N–H and O–H groups in total. The largest absolute Gasteiger partial charge is 0.393 e. The molecule has 31 heavy (non-hydrogen) atoms. The normalized spacial score (nSPS) is 45.3. The van der Waals surface area contributed by atoms with E-state index in [9.17, 15) is 15.3 Å². The number of rotatable bonds is 5. The Morgan fingerprint density at radius 3 is 2.61 bits per heavy atom. The number of hydrogen-bond acceptors (Lipinski definition) is 4. The molecule has 0 aromatic rings. The van der Waals surface area contributed by atoms with Gasteiger partial charge in [0.25, 0.3) is 0 Å². The zero-order valence-corrected chi connectivity index (χ0v) is 19.4. The Morgan fingerprint density at radius 2 is 1.90 bits per heavy atom. The van der Waals surface area contributed by atoms with Gasteiger partial charge in [0, 0.05) is 6.42 Å². The van der Waals surface area contributed by atoms with Gasteiger partial charge in [-0.2, -0.15) is 0 Å². The highest BCUT2D eigenvalue weighted by molar-refractivity contribution is 5.38. The lowest BCUT2D eigenvalue weighted by atomic mass is 9.61. The molecule has 4 heteroatoms. The Labute approximate surface area is 187 Å². The molecule has 4 fully saturated rings. The van der Waals surface area contributed by atoms with Crippen molar-refractivity contribution < 1.29 is 20.1 Å². The molecule has 1 aliphatic heterocycles. The summed E-state index contributed by atoms with van der Waals surface area (Å²) in [5.41, 5.74) is 3.16. The second-order valence-electron chi connectivity index (χ2n) is 11.0. The maximum Gasteiger partial charge on any atom is 0.118 e. The fourth-order valence-corrected chi connectivity index (χ4v) is 6.51. The van der Waals surface area contributed by atoms with Crippen molar-refractivity contribution in [2.75, 3.05) is 6.61 Å². The maximum absolute atomic E-state index is 10.4. The highest BCUT2D eigenvalue weighted by Crippen LogP contribution is 2.59. The Bertz CT molecular complexity index is 789. The third-order valence-electron chi connectivity index (χ3n) is 8.76. The molecule has 0 aromatic heterocycles. The quantitative estimate of drug-likeness (QED) is 0.446. The first-order valence-electron chi connectivity index (χ1n) is 12.1. The predicted octanol–water partition coefficient (Wildman–Crippen LogP) is 4.47. The molecule has 0 aromatic carbocycles. The Kier molecular flexibility index (Phi) is 6.39. The topological polar surface area (TPSA) is 73.2 Å². The van der Waals surface area contributed by atoms with Crippen molar-refractivity contribution in [3.05, 3.63) is 47.6 Å². The predicted molar refractivity (Wildman–Crippen MR) is 123 cm³/mol. The van der Waals surface area contributed by atoms with Gasteiger partial charge in [-0.3, -0.25) is 0 Å². The number of ether oxygens (including phenoxy) is 1. The first kappa shape index (κ1) is 23.0. The molecule has 3 saturated carbocycles. The van der Waals surface area contributed by atoms with Crippen LogP contribution in [-0.4, -0.2) is 45.8 Å². The van der Waals surface area contributed by atoms with Crippen molar-refractivity contribution in [3.8, 4) is 0 Å². The highest BCUT2D eigenvalue weighted by Gasteiger charge is 2.50. The minimum Gasteiger partial charge on any atom is -0.393 e. The summed E-state index contributed by atoms with van der Waals surface area (Å²) in [5, 5.41) is 30.5. The molecule has 0 spiro atoms. The Hall–Kier alpha value is -1.20. The van der Waals surface area contributed by atoms with Gasteiger partial charge in [-0.1, -0.05) is 50.3 Å². The van der Waals surface area contributed by atoms with Gasteiger partial charge < -0.3 is 20.1 Å². The van der Waals surface area contributed by atoms with E-state index < -0.39 is 18.3 Å². The number of epoxide rings is 1. The van der Waals surface area contributed by atoms with E-state index in [2.05, 4.69) is 38.7 Å². The van der Waals surface area contributed by atoms with E-state index in [1.807, 2.05) is 13.0 Å². The zero-order valence-electron chi connectivity index (χ0n) is 19.4. The minimum atomic E-state index is -0.632. The Morgan fingerprint density at radius 1 is 1.16 bits per heavy atom. The molecular weight excluding hydrogens is 388 g/mol. The smallest absolute Gasteiger partial charge is 0.118 e. The standard InChI is InChI=1S/C27H40O4/c1-17(7-12-25(30)27(4)16-31-27)22-10-11-23-19(6-5-13-26(22,23)3)8-9-20-14-21(28)15-24(29)18(20)2/h7-9,12,17,21-25,28-30H,2,5-6,10-11,13-16H2,1,3-4H3/b12-7+,19-8+,20-9-/t17-,21-,22-,23+,24+,25-,26-,27-/m1/s1. The summed E-state index contributed by atoms with van der Waals surface area (Å²) in [6.07, 6.45) is 13.9. The van der Waals surface area contributed by atoms with Crippen LogP contribution in [0.25, 0.3) is 0 Å². The second-order valence-corrected chi connectivity index (χ2v) is 11.0. The molecule has 1 saturated heterocycles. The number of aliphatic hydroxyl groups excluding tert-OH is 3. The molecule has 0 bridgehead atoms. The van der Waals surface area contributed by atoms with Gasteiger partial charge in [-0.25, -0.2) is 0 Å². The van der Waals surface area contributed by atoms with Gasteiger partial charge >= 0.3 is 0 Å². The molecule has 0 unspecified atom stereocenters. The first-order chi connectivity index (χ1) is 14.6. The summed E-state index contributed by atoms with van der Waals surface area (Å²) in [6.45, 7) is 11.4. The fraction of sp³-hybridized carbons (Fsp3) is 0.704. The summed E-state index contributed by atoms with van der Waals surface area (Å²) in [6, 6.07) is 0. The second kappa shape index (κ2) is 8.62. The Balaban J connectivity index is 1.48. The van der Waals surface area contributed by atoms with Crippen molar-refractivity contribution in [1.82, 2.24) is 0 Å². The van der Waals surface area contributed by atoms with Gasteiger partial charge in [-0.15, -0.1) is 0 Å². The molecule has 3 aliphatic carbocycles. The fourth-order valence-electron chi connectivity index (χ4n) is 6.51. The van der Waals surface area contributed by atoms with Crippen LogP contribution >= 0.6 is 0 Å². The average Bonchev–Trinajstić information content (AvgIpc) is 3.37. The molecule has 0 amide bonds. The summed E-state index contributed by atoms with van der Waals surface area (Å²) >= 11 is 0. The molecule has 4 nitrogen and oxygen atoms in total. The van der Waals surface area contributed by atoms with Crippen molar-refractivity contribution in [2.24, 2.45) is 23.2 Å². The van der Waals surface area contributed by atoms with Crippen LogP contribution in [0.3, 0.4) is 0 Å². The average molecular weight is 429 g/mol. The van der Waals surface area contributed by atoms with Crippen LogP contribution in [0.4, 0.5) is 0 Å². The molecular formula is C27H40O4. The van der Waals surface area contributed by atoms with E-state index in [1.165, 1.54) is 31.3 Å². The highest BCUT2D eigenvalue weighted by atomic mass is 16.6. The van der Waals surface area contributed by atoms with E-state index in [0.29, 0.717) is 37.2 Å². The lowest BCUT2D eigenvalue weighted by molar-refractivity contribution is 0.0862. The first-order valence-corrected chi connectivity index (χ1v) is 12.1. The van der Waals surface area contributed by atoms with Crippen LogP contribution in [-0.2, 0) is 4.74 Å². The van der Waals surface area contributed by atoms with Crippen molar-refractivity contribution in [2.45, 2.75) is 89.6 Å². The van der Waals surface area contributed by atoms with Crippen LogP contribution in [0.1, 0.15) is 65.7 Å². The van der Waals surface area contributed by atoms with Crippen LogP contribution in [0.2, 0.25) is 0 Å². The summed E-state index contributed by atoms with van der Waals surface area (Å²) in [5.74, 6) is 1.62. The number of hydrogen-bond donors (Lipinski definition) is 3. The maximum atomic E-state index is 10.4. The van der Waals surface area contributed by atoms with Gasteiger partial charge in [0.2, 0.25) is 0 Å². The van der Waals surface area contributed by atoms with E-state index in [1.54, 1.807) is 0 Å². The summed E-state index contributed by atoms with van der Waals surface area (Å²) in [7, 11) is 0. The van der Waals surface area contributed by atoms with Crippen LogP contribution in [0.5, 0.6) is 0 Å². The van der Waals surface area contributed by atoms with Gasteiger partial charge in [0.05, 0.1) is 18.8 Å². The summed E-state index contributed by atoms with van der Waals surface area (Å²) in [4.78, 5) is 0. The number of fused-ring (bicyclic) bond motifs is 1. The number of aliphatic hydroxyl groups is 3. The lowest BCUT2D eigenvalue weighted by Gasteiger charge is -2.44. The van der Waals surface area contributed by atoms with Gasteiger partial charge in [0.15, 0.2) is 0 Å². The van der Waals surface area contributed by atoms with E-state index in [0.717, 1.165) is 17.6 Å².